The fraction of sp³-hybridized carbons (Fsp3) is 0.429. The molecule has 0 aliphatic heterocycles. The minimum Gasteiger partial charge on any atom is -0.462 e. The molecule has 1 aromatic heterocycles. The number of nitrogens with one attached hydrogen (secondary N) is 2. The van der Waals surface area contributed by atoms with Crippen LogP contribution in [0.1, 0.15) is 92.2 Å². The maximum atomic E-state index is 13.4. The molecule has 0 saturated carbocycles. The van der Waals surface area contributed by atoms with E-state index < -0.39 is 17.9 Å². The molecule has 0 aliphatic rings. The molecule has 1 heterocycles. The number of rotatable bonds is 20. The molecular formula is C35H45N3O7. The third kappa shape index (κ3) is 10.9. The summed E-state index contributed by atoms with van der Waals surface area (Å²) in [5.74, 6) is -1.14. The molecule has 0 saturated heterocycles. The van der Waals surface area contributed by atoms with Crippen molar-refractivity contribution in [2.75, 3.05) is 13.3 Å². The van der Waals surface area contributed by atoms with Crippen LogP contribution in [0.25, 0.3) is 11.3 Å². The van der Waals surface area contributed by atoms with Gasteiger partial charge < -0.3 is 19.8 Å². The average molecular weight is 620 g/mol. The fourth-order valence-corrected chi connectivity index (χ4v) is 4.89. The number of hydrogen-bond donors (Lipinski definition) is 2. The van der Waals surface area contributed by atoms with Gasteiger partial charge >= 0.3 is 5.97 Å². The first-order valence-electron chi connectivity index (χ1n) is 15.7. The fourth-order valence-electron chi connectivity index (χ4n) is 4.89. The number of carbonyl (C=O) groups is 4. The van der Waals surface area contributed by atoms with Gasteiger partial charge in [0, 0.05) is 5.56 Å². The lowest BCUT2D eigenvalue weighted by atomic mass is 9.90. The Labute approximate surface area is 265 Å². The number of hydrogen-bond acceptors (Lipinski definition) is 7. The summed E-state index contributed by atoms with van der Waals surface area (Å²) >= 11 is 0. The van der Waals surface area contributed by atoms with Crippen molar-refractivity contribution in [2.45, 2.75) is 78.4 Å². The normalized spacial score (nSPS) is 12.2. The molecule has 10 heteroatoms. The van der Waals surface area contributed by atoms with Gasteiger partial charge in [0.05, 0.1) is 30.8 Å². The van der Waals surface area contributed by atoms with Gasteiger partial charge in [0.25, 0.3) is 5.91 Å². The number of ether oxygens (including phenoxy) is 1. The van der Waals surface area contributed by atoms with Gasteiger partial charge in [-0.3, -0.25) is 19.2 Å². The van der Waals surface area contributed by atoms with E-state index in [0.717, 1.165) is 37.7 Å². The maximum Gasteiger partial charge on any atom is 0.338 e. The van der Waals surface area contributed by atoms with Gasteiger partial charge in [0.15, 0.2) is 5.76 Å². The van der Waals surface area contributed by atoms with Crippen LogP contribution in [0.3, 0.4) is 0 Å². The highest BCUT2D eigenvalue weighted by Crippen LogP contribution is 2.24. The van der Waals surface area contributed by atoms with E-state index in [2.05, 4.69) is 17.6 Å². The van der Waals surface area contributed by atoms with E-state index in [1.165, 1.54) is 5.06 Å². The van der Waals surface area contributed by atoms with Crippen LogP contribution in [0, 0.1) is 5.92 Å². The van der Waals surface area contributed by atoms with Crippen LogP contribution in [0.5, 0.6) is 0 Å². The molecule has 0 radical (unpaired) electrons. The van der Waals surface area contributed by atoms with Crippen molar-refractivity contribution in [3.05, 3.63) is 83.6 Å². The molecule has 0 fully saturated rings. The maximum absolute atomic E-state index is 13.4. The van der Waals surface area contributed by atoms with Gasteiger partial charge in [-0.25, -0.2) is 9.86 Å². The molecular weight excluding hydrogens is 574 g/mol. The highest BCUT2D eigenvalue weighted by molar-refractivity contribution is 5.92. The van der Waals surface area contributed by atoms with Crippen molar-refractivity contribution in [1.29, 1.82) is 0 Å². The number of esters is 1. The second-order valence-electron chi connectivity index (χ2n) is 10.8. The largest absolute Gasteiger partial charge is 0.462 e. The zero-order valence-electron chi connectivity index (χ0n) is 26.5. The van der Waals surface area contributed by atoms with Crippen molar-refractivity contribution < 1.29 is 33.2 Å². The smallest absolute Gasteiger partial charge is 0.338 e. The SMILES string of the molecule is CCCCCC(C(=O)NCNC(=O)c1ccc(-c2ccc(C(=O)OCCCC)cc2)o1)C(CC)N(C=O)OCc1ccccc1. The predicted octanol–water partition coefficient (Wildman–Crippen LogP) is 6.27. The summed E-state index contributed by atoms with van der Waals surface area (Å²) < 4.78 is 11.0. The van der Waals surface area contributed by atoms with Crippen LogP contribution in [-0.2, 0) is 25.8 Å². The third-order valence-corrected chi connectivity index (χ3v) is 7.47. The van der Waals surface area contributed by atoms with Gasteiger partial charge in [0.2, 0.25) is 12.3 Å². The van der Waals surface area contributed by atoms with Gasteiger partial charge in [-0.2, -0.15) is 0 Å². The minimum absolute atomic E-state index is 0.0784. The number of hydroxylamine groups is 2. The summed E-state index contributed by atoms with van der Waals surface area (Å²) in [6.07, 6.45) is 6.23. The number of furan rings is 1. The Bertz CT molecular complexity index is 1340. The second-order valence-corrected chi connectivity index (χ2v) is 10.8. The number of unbranched alkanes of at least 4 members (excludes halogenated alkanes) is 3. The van der Waals surface area contributed by atoms with Crippen LogP contribution in [0.2, 0.25) is 0 Å². The van der Waals surface area contributed by atoms with Crippen molar-refractivity contribution in [3.63, 3.8) is 0 Å². The summed E-state index contributed by atoms with van der Waals surface area (Å²) in [4.78, 5) is 56.2. The molecule has 2 atom stereocenters. The summed E-state index contributed by atoms with van der Waals surface area (Å²) in [5.41, 5.74) is 2.05. The first kappa shape index (κ1) is 35.0. The van der Waals surface area contributed by atoms with Crippen LogP contribution < -0.4 is 10.6 Å². The highest BCUT2D eigenvalue weighted by atomic mass is 16.7. The Balaban J connectivity index is 1.57. The summed E-state index contributed by atoms with van der Waals surface area (Å²) in [6.45, 7) is 6.50. The van der Waals surface area contributed by atoms with Crippen LogP contribution in [-0.4, -0.2) is 48.6 Å². The lowest BCUT2D eigenvalue weighted by molar-refractivity contribution is -0.200. The molecule has 3 aromatic rings. The second kappa shape index (κ2) is 19.1. The molecule has 0 bridgehead atoms. The van der Waals surface area contributed by atoms with E-state index in [1.807, 2.05) is 44.2 Å². The molecule has 0 aliphatic carbocycles. The van der Waals surface area contributed by atoms with Crippen molar-refractivity contribution >= 4 is 24.2 Å². The van der Waals surface area contributed by atoms with E-state index >= 15 is 0 Å². The van der Waals surface area contributed by atoms with E-state index in [-0.39, 0.29) is 30.9 Å². The molecule has 2 N–H and O–H groups in total. The van der Waals surface area contributed by atoms with Crippen molar-refractivity contribution in [1.82, 2.24) is 15.7 Å². The lowest BCUT2D eigenvalue weighted by Crippen LogP contribution is -2.48. The molecule has 2 aromatic carbocycles. The summed E-state index contributed by atoms with van der Waals surface area (Å²) in [6, 6.07) is 19.0. The molecule has 10 nitrogen and oxygen atoms in total. The van der Waals surface area contributed by atoms with E-state index in [9.17, 15) is 19.2 Å². The van der Waals surface area contributed by atoms with Gasteiger partial charge in [-0.15, -0.1) is 0 Å². The highest BCUT2D eigenvalue weighted by Gasteiger charge is 2.32. The monoisotopic (exact) mass is 619 g/mol. The zero-order chi connectivity index (χ0) is 32.4. The molecule has 45 heavy (non-hydrogen) atoms. The topological polar surface area (TPSA) is 127 Å². The zero-order valence-corrected chi connectivity index (χ0v) is 26.5. The summed E-state index contributed by atoms with van der Waals surface area (Å²) in [5, 5.41) is 6.71. The van der Waals surface area contributed by atoms with Gasteiger partial charge in [0.1, 0.15) is 12.4 Å². The van der Waals surface area contributed by atoms with E-state index in [4.69, 9.17) is 14.0 Å². The Kier molecular flexibility index (Phi) is 14.8. The van der Waals surface area contributed by atoms with Crippen LogP contribution in [0.4, 0.5) is 0 Å². The molecule has 0 spiro atoms. The number of nitrogens with zero attached hydrogens (tertiary/aromatic N) is 1. The van der Waals surface area contributed by atoms with Crippen LogP contribution >= 0.6 is 0 Å². The number of benzene rings is 2. The summed E-state index contributed by atoms with van der Waals surface area (Å²) in [7, 11) is 0. The number of amides is 3. The van der Waals surface area contributed by atoms with Crippen molar-refractivity contribution in [3.8, 4) is 11.3 Å². The third-order valence-electron chi connectivity index (χ3n) is 7.47. The first-order valence-corrected chi connectivity index (χ1v) is 15.7. The number of carbonyl (C=O) groups excluding carboxylic acids is 4. The minimum atomic E-state index is -0.526. The predicted molar refractivity (Wildman–Crippen MR) is 171 cm³/mol. The van der Waals surface area contributed by atoms with Gasteiger partial charge in [-0.05, 0) is 49.1 Å². The standard InChI is InChI=1S/C35H45N3O7/c1-4-7-10-15-29(30(6-3)38(25-39)44-23-26-13-11-9-12-14-26)33(40)36-24-37-34(41)32-21-20-31(45-32)27-16-18-28(19-17-27)35(42)43-22-8-5-2/h9,11-14,16-21,25,29-30H,4-8,10,15,22-24H2,1-3H3,(H,36,40)(H,37,41). The van der Waals surface area contributed by atoms with E-state index in [0.29, 0.717) is 42.7 Å². The van der Waals surface area contributed by atoms with Gasteiger partial charge in [-0.1, -0.05) is 88.9 Å². The Morgan fingerprint density at radius 3 is 2.29 bits per heavy atom. The lowest BCUT2D eigenvalue weighted by Gasteiger charge is -2.32. The molecule has 3 rings (SSSR count). The Morgan fingerprint density at radius 2 is 1.62 bits per heavy atom. The quantitative estimate of drug-likeness (QED) is 0.0502. The Morgan fingerprint density at radius 1 is 0.889 bits per heavy atom. The van der Waals surface area contributed by atoms with E-state index in [1.54, 1.807) is 36.4 Å². The molecule has 2 unspecified atom stereocenters. The van der Waals surface area contributed by atoms with Crippen LogP contribution in [0.15, 0.2) is 71.1 Å². The average Bonchev–Trinajstić information content (AvgIpc) is 3.57. The molecule has 3 amide bonds. The van der Waals surface area contributed by atoms with Crippen molar-refractivity contribution in [2.24, 2.45) is 5.92 Å². The Hall–Kier alpha value is -4.44. The first-order chi connectivity index (χ1) is 21.9. The molecule has 242 valence electrons.